The van der Waals surface area contributed by atoms with Gasteiger partial charge in [-0.1, -0.05) is 12.1 Å². The molecule has 2 atom stereocenters. The molecule has 102 valence electrons. The number of rotatable bonds is 4. The number of para-hydroxylation sites is 2. The molecular formula is C14H17NO4. The van der Waals surface area contributed by atoms with Crippen LogP contribution >= 0.6 is 0 Å². The van der Waals surface area contributed by atoms with Crippen molar-refractivity contribution in [3.05, 3.63) is 24.3 Å². The summed E-state index contributed by atoms with van der Waals surface area (Å²) in [5.74, 6) is -0.969. The van der Waals surface area contributed by atoms with E-state index in [2.05, 4.69) is 5.32 Å². The van der Waals surface area contributed by atoms with Crippen LogP contribution in [0.4, 0.5) is 5.69 Å². The third-order valence-electron chi connectivity index (χ3n) is 3.52. The zero-order valence-corrected chi connectivity index (χ0v) is 10.8. The number of anilines is 1. The first-order valence-corrected chi connectivity index (χ1v) is 6.28. The van der Waals surface area contributed by atoms with Crippen LogP contribution in [0, 0.1) is 11.8 Å². The van der Waals surface area contributed by atoms with E-state index in [-0.39, 0.29) is 11.8 Å². The minimum atomic E-state index is -0.812. The zero-order valence-electron chi connectivity index (χ0n) is 10.8. The molecule has 0 saturated heterocycles. The maximum absolute atomic E-state index is 12.1. The van der Waals surface area contributed by atoms with Crippen molar-refractivity contribution in [1.29, 1.82) is 0 Å². The summed E-state index contributed by atoms with van der Waals surface area (Å²) in [7, 11) is 1.54. The van der Waals surface area contributed by atoms with Crippen LogP contribution in [0.15, 0.2) is 24.3 Å². The third-order valence-corrected chi connectivity index (χ3v) is 3.52. The van der Waals surface area contributed by atoms with Crippen molar-refractivity contribution in [1.82, 2.24) is 0 Å². The van der Waals surface area contributed by atoms with Gasteiger partial charge in [-0.3, -0.25) is 9.59 Å². The molecule has 0 aromatic heterocycles. The van der Waals surface area contributed by atoms with Crippen molar-refractivity contribution < 1.29 is 19.4 Å². The van der Waals surface area contributed by atoms with Crippen molar-refractivity contribution in [2.75, 3.05) is 12.4 Å². The van der Waals surface area contributed by atoms with E-state index in [1.807, 2.05) is 12.1 Å². The van der Waals surface area contributed by atoms with Gasteiger partial charge in [0.05, 0.1) is 18.7 Å². The van der Waals surface area contributed by atoms with E-state index in [1.165, 1.54) is 0 Å². The number of nitrogens with one attached hydrogen (secondary N) is 1. The van der Waals surface area contributed by atoms with E-state index in [4.69, 9.17) is 9.84 Å². The molecule has 2 N–H and O–H groups in total. The van der Waals surface area contributed by atoms with Gasteiger partial charge in [0.2, 0.25) is 5.91 Å². The molecule has 0 heterocycles. The number of amides is 1. The normalized spacial score (nSPS) is 21.9. The lowest BCUT2D eigenvalue weighted by Crippen LogP contribution is -2.22. The first-order chi connectivity index (χ1) is 9.11. The first-order valence-electron chi connectivity index (χ1n) is 6.28. The van der Waals surface area contributed by atoms with Gasteiger partial charge in [-0.2, -0.15) is 0 Å². The highest BCUT2D eigenvalue weighted by Crippen LogP contribution is 2.33. The Hall–Kier alpha value is -2.04. The predicted molar refractivity (Wildman–Crippen MR) is 70.1 cm³/mol. The predicted octanol–water partition coefficient (Wildman–Crippen LogP) is 2.13. The molecule has 1 aliphatic carbocycles. The molecule has 1 aromatic rings. The van der Waals surface area contributed by atoms with Crippen LogP contribution in [0.2, 0.25) is 0 Å². The third kappa shape index (κ3) is 3.05. The van der Waals surface area contributed by atoms with Crippen molar-refractivity contribution in [3.8, 4) is 5.75 Å². The molecule has 0 aliphatic heterocycles. The van der Waals surface area contributed by atoms with E-state index >= 15 is 0 Å². The Bertz CT molecular complexity index is 486. The average Bonchev–Trinajstić information content (AvgIpc) is 2.89. The Morgan fingerprint density at radius 1 is 1.26 bits per heavy atom. The second-order valence-electron chi connectivity index (χ2n) is 4.73. The van der Waals surface area contributed by atoms with Gasteiger partial charge in [-0.05, 0) is 31.4 Å². The standard InChI is InChI=1S/C14H17NO4/c1-19-12-5-3-2-4-11(12)15-13(16)9-6-7-10(8-9)14(17)18/h2-5,9-10H,6-8H2,1H3,(H,15,16)(H,17,18)/t9-,10+/m1/s1. The summed E-state index contributed by atoms with van der Waals surface area (Å²) in [6.07, 6.45) is 1.60. The van der Waals surface area contributed by atoms with E-state index in [1.54, 1.807) is 19.2 Å². The number of carbonyl (C=O) groups excluding carboxylic acids is 1. The highest BCUT2D eigenvalue weighted by molar-refractivity contribution is 5.94. The quantitative estimate of drug-likeness (QED) is 0.872. The number of ether oxygens (including phenoxy) is 1. The molecule has 2 rings (SSSR count). The summed E-state index contributed by atoms with van der Waals surface area (Å²) in [4.78, 5) is 23.0. The number of hydrogen-bond donors (Lipinski definition) is 2. The van der Waals surface area contributed by atoms with Crippen LogP contribution in [-0.2, 0) is 9.59 Å². The molecule has 0 spiro atoms. The molecule has 1 aromatic carbocycles. The van der Waals surface area contributed by atoms with Crippen LogP contribution in [0.25, 0.3) is 0 Å². The van der Waals surface area contributed by atoms with Crippen LogP contribution in [-0.4, -0.2) is 24.1 Å². The van der Waals surface area contributed by atoms with Gasteiger partial charge in [-0.15, -0.1) is 0 Å². The lowest BCUT2D eigenvalue weighted by molar-refractivity contribution is -0.141. The molecule has 0 unspecified atom stereocenters. The second-order valence-corrected chi connectivity index (χ2v) is 4.73. The fourth-order valence-corrected chi connectivity index (χ4v) is 2.43. The fraction of sp³-hybridized carbons (Fsp3) is 0.429. The van der Waals surface area contributed by atoms with Gasteiger partial charge in [-0.25, -0.2) is 0 Å². The number of aliphatic carboxylic acids is 1. The Morgan fingerprint density at radius 3 is 2.58 bits per heavy atom. The van der Waals surface area contributed by atoms with Gasteiger partial charge in [0, 0.05) is 5.92 Å². The number of benzene rings is 1. The summed E-state index contributed by atoms with van der Waals surface area (Å²) in [6.45, 7) is 0. The monoisotopic (exact) mass is 263 g/mol. The highest BCUT2D eigenvalue weighted by Gasteiger charge is 2.33. The minimum Gasteiger partial charge on any atom is -0.495 e. The summed E-state index contributed by atoms with van der Waals surface area (Å²) < 4.78 is 5.16. The topological polar surface area (TPSA) is 75.6 Å². The molecular weight excluding hydrogens is 246 g/mol. The molecule has 5 heteroatoms. The smallest absolute Gasteiger partial charge is 0.306 e. The Morgan fingerprint density at radius 2 is 1.95 bits per heavy atom. The van der Waals surface area contributed by atoms with Gasteiger partial charge in [0.15, 0.2) is 0 Å². The lowest BCUT2D eigenvalue weighted by Gasteiger charge is -2.13. The molecule has 1 saturated carbocycles. The molecule has 5 nitrogen and oxygen atoms in total. The molecule has 19 heavy (non-hydrogen) atoms. The Balaban J connectivity index is 2.00. The SMILES string of the molecule is COc1ccccc1NC(=O)[C@@H]1CC[C@H](C(=O)O)C1. The first kappa shape index (κ1) is 13.4. The summed E-state index contributed by atoms with van der Waals surface area (Å²) in [5, 5.41) is 11.7. The van der Waals surface area contributed by atoms with Crippen molar-refractivity contribution in [2.24, 2.45) is 11.8 Å². The van der Waals surface area contributed by atoms with Crippen molar-refractivity contribution in [2.45, 2.75) is 19.3 Å². The molecule has 1 aliphatic rings. The molecule has 1 amide bonds. The summed E-state index contributed by atoms with van der Waals surface area (Å²) in [6, 6.07) is 7.17. The zero-order chi connectivity index (χ0) is 13.8. The fourth-order valence-electron chi connectivity index (χ4n) is 2.43. The number of carbonyl (C=O) groups is 2. The van der Waals surface area contributed by atoms with E-state index < -0.39 is 11.9 Å². The molecule has 0 radical (unpaired) electrons. The van der Waals surface area contributed by atoms with E-state index in [0.29, 0.717) is 30.7 Å². The van der Waals surface area contributed by atoms with E-state index in [9.17, 15) is 9.59 Å². The highest BCUT2D eigenvalue weighted by atomic mass is 16.5. The number of hydrogen-bond acceptors (Lipinski definition) is 3. The number of methoxy groups -OCH3 is 1. The van der Waals surface area contributed by atoms with Crippen LogP contribution in [0.1, 0.15) is 19.3 Å². The largest absolute Gasteiger partial charge is 0.495 e. The molecule has 0 bridgehead atoms. The lowest BCUT2D eigenvalue weighted by atomic mass is 10.0. The van der Waals surface area contributed by atoms with Crippen molar-refractivity contribution >= 4 is 17.6 Å². The van der Waals surface area contributed by atoms with Crippen LogP contribution in [0.5, 0.6) is 5.75 Å². The van der Waals surface area contributed by atoms with Crippen molar-refractivity contribution in [3.63, 3.8) is 0 Å². The van der Waals surface area contributed by atoms with Gasteiger partial charge < -0.3 is 15.2 Å². The van der Waals surface area contributed by atoms with Gasteiger partial charge in [0.25, 0.3) is 0 Å². The number of carboxylic acids is 1. The summed E-state index contributed by atoms with van der Waals surface area (Å²) >= 11 is 0. The minimum absolute atomic E-state index is 0.131. The summed E-state index contributed by atoms with van der Waals surface area (Å²) in [5.41, 5.74) is 0.619. The van der Waals surface area contributed by atoms with E-state index in [0.717, 1.165) is 0 Å². The maximum Gasteiger partial charge on any atom is 0.306 e. The van der Waals surface area contributed by atoms with Crippen LogP contribution in [0.3, 0.4) is 0 Å². The Kier molecular flexibility index (Phi) is 4.04. The number of carboxylic acid groups (broad SMARTS) is 1. The molecule has 1 fully saturated rings. The second kappa shape index (κ2) is 5.73. The van der Waals surface area contributed by atoms with Gasteiger partial charge in [0.1, 0.15) is 5.75 Å². The van der Waals surface area contributed by atoms with Gasteiger partial charge >= 0.3 is 5.97 Å². The Labute approximate surface area is 111 Å². The van der Waals surface area contributed by atoms with Crippen LogP contribution < -0.4 is 10.1 Å². The average molecular weight is 263 g/mol. The maximum atomic E-state index is 12.1.